The summed E-state index contributed by atoms with van der Waals surface area (Å²) in [5.41, 5.74) is 0.409. The first-order valence-corrected chi connectivity index (χ1v) is 7.31. The molecule has 0 unspecified atom stereocenters. The molecule has 2 aromatic rings. The van der Waals surface area contributed by atoms with Gasteiger partial charge in [0.2, 0.25) is 5.95 Å². The van der Waals surface area contributed by atoms with Crippen LogP contribution in [-0.2, 0) is 6.42 Å². The molecule has 0 aliphatic carbocycles. The van der Waals surface area contributed by atoms with Gasteiger partial charge in [-0.15, -0.1) is 0 Å². The standard InChI is InChI=1S/C13H4Cl5FN2/c14-8-7(9(15)11(17)12(18)10(8)16)6-5(1-3-20)2-4-21-13(6)19/h2,4H,1H2. The summed E-state index contributed by atoms with van der Waals surface area (Å²) in [7, 11) is 0. The van der Waals surface area contributed by atoms with Crippen molar-refractivity contribution < 1.29 is 4.39 Å². The van der Waals surface area contributed by atoms with Gasteiger partial charge < -0.3 is 0 Å². The lowest BCUT2D eigenvalue weighted by atomic mass is 9.99. The van der Waals surface area contributed by atoms with E-state index in [9.17, 15) is 4.39 Å². The van der Waals surface area contributed by atoms with Gasteiger partial charge in [0.05, 0.1) is 37.6 Å². The van der Waals surface area contributed by atoms with Crippen molar-refractivity contribution in [2.45, 2.75) is 6.42 Å². The first kappa shape index (κ1) is 16.6. The Labute approximate surface area is 145 Å². The summed E-state index contributed by atoms with van der Waals surface area (Å²) in [6, 6.07) is 3.42. The normalized spacial score (nSPS) is 10.5. The number of aromatic nitrogens is 1. The lowest BCUT2D eigenvalue weighted by Gasteiger charge is -2.15. The Kier molecular flexibility index (Phi) is 5.19. The zero-order chi connectivity index (χ0) is 15.7. The predicted octanol–water partition coefficient (Wildman–Crippen LogP) is 6.22. The lowest BCUT2D eigenvalue weighted by Crippen LogP contribution is -1.98. The first-order chi connectivity index (χ1) is 9.90. The van der Waals surface area contributed by atoms with Crippen LogP contribution >= 0.6 is 58.0 Å². The van der Waals surface area contributed by atoms with Crippen LogP contribution in [0.1, 0.15) is 5.56 Å². The number of benzene rings is 1. The van der Waals surface area contributed by atoms with E-state index in [0.29, 0.717) is 5.56 Å². The average molecular weight is 384 g/mol. The number of nitriles is 1. The Morgan fingerprint density at radius 2 is 1.48 bits per heavy atom. The molecule has 2 rings (SSSR count). The van der Waals surface area contributed by atoms with Crippen LogP contribution in [0, 0.1) is 17.3 Å². The van der Waals surface area contributed by atoms with Crippen LogP contribution in [-0.4, -0.2) is 4.98 Å². The van der Waals surface area contributed by atoms with Crippen molar-refractivity contribution in [1.82, 2.24) is 4.98 Å². The van der Waals surface area contributed by atoms with Crippen LogP contribution in [0.3, 0.4) is 0 Å². The van der Waals surface area contributed by atoms with Crippen molar-refractivity contribution in [3.05, 3.63) is 48.9 Å². The van der Waals surface area contributed by atoms with Gasteiger partial charge in [-0.25, -0.2) is 4.98 Å². The second-order valence-corrected chi connectivity index (χ2v) is 5.81. The Morgan fingerprint density at radius 3 is 2.00 bits per heavy atom. The molecule has 1 heterocycles. The number of hydrogen-bond donors (Lipinski definition) is 0. The van der Waals surface area contributed by atoms with E-state index in [1.165, 1.54) is 12.3 Å². The Balaban J connectivity index is 2.90. The smallest absolute Gasteiger partial charge is 0.221 e. The van der Waals surface area contributed by atoms with E-state index in [4.69, 9.17) is 63.3 Å². The zero-order valence-electron chi connectivity index (χ0n) is 10.0. The molecule has 8 heteroatoms. The molecule has 0 N–H and O–H groups in total. The second kappa shape index (κ2) is 6.56. The van der Waals surface area contributed by atoms with E-state index in [1.54, 1.807) is 0 Å². The van der Waals surface area contributed by atoms with Gasteiger partial charge in [0.25, 0.3) is 0 Å². The van der Waals surface area contributed by atoms with Gasteiger partial charge >= 0.3 is 0 Å². The Hall–Kier alpha value is -0.760. The maximum Gasteiger partial charge on any atom is 0.221 e. The minimum atomic E-state index is -0.832. The highest BCUT2D eigenvalue weighted by Gasteiger charge is 2.24. The fourth-order valence-corrected chi connectivity index (χ4v) is 3.12. The summed E-state index contributed by atoms with van der Waals surface area (Å²) >= 11 is 30.1. The molecule has 0 saturated heterocycles. The SMILES string of the molecule is N#CCc1ccnc(F)c1-c1c(Cl)c(Cl)c(Cl)c(Cl)c1Cl. The lowest BCUT2D eigenvalue weighted by molar-refractivity contribution is 0.586. The number of halogens is 6. The zero-order valence-corrected chi connectivity index (χ0v) is 13.8. The van der Waals surface area contributed by atoms with Gasteiger partial charge in [0, 0.05) is 17.3 Å². The molecular formula is C13H4Cl5FN2. The maximum atomic E-state index is 14.1. The van der Waals surface area contributed by atoms with Crippen molar-refractivity contribution in [3.63, 3.8) is 0 Å². The summed E-state index contributed by atoms with van der Waals surface area (Å²) in [6.07, 6.45) is 1.19. The van der Waals surface area contributed by atoms with Gasteiger partial charge in [-0.1, -0.05) is 58.0 Å². The van der Waals surface area contributed by atoms with E-state index < -0.39 is 5.95 Å². The Bertz CT molecular complexity index is 741. The van der Waals surface area contributed by atoms with Crippen LogP contribution in [0.15, 0.2) is 12.3 Å². The average Bonchev–Trinajstić information content (AvgIpc) is 2.46. The highest BCUT2D eigenvalue weighted by atomic mass is 35.5. The summed E-state index contributed by atoms with van der Waals surface area (Å²) in [5, 5.41) is 8.62. The largest absolute Gasteiger partial charge is 0.228 e. The van der Waals surface area contributed by atoms with Crippen LogP contribution < -0.4 is 0 Å². The third-order valence-corrected chi connectivity index (χ3v) is 5.00. The minimum Gasteiger partial charge on any atom is -0.228 e. The van der Waals surface area contributed by atoms with Crippen LogP contribution in [0.4, 0.5) is 4.39 Å². The van der Waals surface area contributed by atoms with E-state index in [-0.39, 0.29) is 42.7 Å². The third-order valence-electron chi connectivity index (χ3n) is 2.72. The molecule has 21 heavy (non-hydrogen) atoms. The van der Waals surface area contributed by atoms with E-state index in [1.807, 2.05) is 6.07 Å². The molecule has 0 saturated carbocycles. The van der Waals surface area contributed by atoms with Crippen molar-refractivity contribution >= 4 is 58.0 Å². The highest BCUT2D eigenvalue weighted by molar-refractivity contribution is 6.56. The number of nitrogens with zero attached hydrogens (tertiary/aromatic N) is 2. The molecule has 108 valence electrons. The van der Waals surface area contributed by atoms with Gasteiger partial charge in [0.1, 0.15) is 0 Å². The summed E-state index contributed by atoms with van der Waals surface area (Å²) in [4.78, 5) is 3.55. The molecule has 0 atom stereocenters. The molecule has 0 fully saturated rings. The molecule has 1 aromatic carbocycles. The molecule has 2 nitrogen and oxygen atoms in total. The topological polar surface area (TPSA) is 36.7 Å². The monoisotopic (exact) mass is 382 g/mol. The third kappa shape index (κ3) is 2.92. The van der Waals surface area contributed by atoms with Crippen LogP contribution in [0.25, 0.3) is 11.1 Å². The fraction of sp³-hybridized carbons (Fsp3) is 0.0769. The van der Waals surface area contributed by atoms with E-state index in [2.05, 4.69) is 4.98 Å². The predicted molar refractivity (Wildman–Crippen MR) is 84.0 cm³/mol. The second-order valence-electron chi connectivity index (χ2n) is 3.92. The number of hydrogen-bond acceptors (Lipinski definition) is 2. The van der Waals surface area contributed by atoms with Crippen molar-refractivity contribution in [2.75, 3.05) is 0 Å². The van der Waals surface area contributed by atoms with Gasteiger partial charge in [0.15, 0.2) is 0 Å². The quantitative estimate of drug-likeness (QED) is 0.350. The molecule has 0 bridgehead atoms. The highest BCUT2D eigenvalue weighted by Crippen LogP contribution is 2.49. The van der Waals surface area contributed by atoms with Gasteiger partial charge in [-0.05, 0) is 11.6 Å². The summed E-state index contributed by atoms with van der Waals surface area (Å²) in [6.45, 7) is 0. The van der Waals surface area contributed by atoms with E-state index >= 15 is 0 Å². The number of pyridine rings is 1. The van der Waals surface area contributed by atoms with E-state index in [0.717, 1.165) is 0 Å². The van der Waals surface area contributed by atoms with Crippen molar-refractivity contribution in [2.24, 2.45) is 0 Å². The first-order valence-electron chi connectivity index (χ1n) is 5.42. The fourth-order valence-electron chi connectivity index (χ4n) is 1.79. The van der Waals surface area contributed by atoms with Crippen molar-refractivity contribution in [1.29, 1.82) is 5.26 Å². The van der Waals surface area contributed by atoms with Gasteiger partial charge in [-0.3, -0.25) is 0 Å². The number of rotatable bonds is 2. The maximum absolute atomic E-state index is 14.1. The minimum absolute atomic E-state index is 0.0190. The van der Waals surface area contributed by atoms with Crippen LogP contribution in [0.5, 0.6) is 0 Å². The summed E-state index contributed by atoms with van der Waals surface area (Å²) in [5.74, 6) is -0.832. The van der Waals surface area contributed by atoms with Crippen molar-refractivity contribution in [3.8, 4) is 17.2 Å². The molecule has 0 spiro atoms. The molecule has 0 aliphatic rings. The molecule has 0 radical (unpaired) electrons. The molecular weight excluding hydrogens is 380 g/mol. The molecule has 0 amide bonds. The summed E-state index contributed by atoms with van der Waals surface area (Å²) < 4.78 is 14.1. The molecule has 1 aromatic heterocycles. The van der Waals surface area contributed by atoms with Gasteiger partial charge in [-0.2, -0.15) is 9.65 Å². The van der Waals surface area contributed by atoms with Crippen LogP contribution in [0.2, 0.25) is 25.1 Å². The Morgan fingerprint density at radius 1 is 0.952 bits per heavy atom. The molecule has 0 aliphatic heterocycles.